The van der Waals surface area contributed by atoms with Gasteiger partial charge in [-0.25, -0.2) is 4.99 Å². The normalized spacial score (nSPS) is 11.9. The van der Waals surface area contributed by atoms with Gasteiger partial charge in [-0.3, -0.25) is 5.32 Å². The summed E-state index contributed by atoms with van der Waals surface area (Å²) in [5.74, 6) is 0.694. The van der Waals surface area contributed by atoms with E-state index in [9.17, 15) is 0 Å². The number of nitrogens with one attached hydrogen (secondary N) is 1. The zero-order valence-electron chi connectivity index (χ0n) is 11.9. The number of benzene rings is 1. The van der Waals surface area contributed by atoms with Crippen molar-refractivity contribution in [2.45, 2.75) is 26.2 Å². The molecule has 0 spiro atoms. The number of amidine groups is 1. The summed E-state index contributed by atoms with van der Waals surface area (Å²) in [4.78, 5) is 4.43. The molecule has 0 unspecified atom stereocenters. The van der Waals surface area contributed by atoms with E-state index >= 15 is 0 Å². The molecular weight excluding hydrogens is 258 g/mol. The summed E-state index contributed by atoms with van der Waals surface area (Å²) in [6.07, 6.45) is 3.74. The first-order chi connectivity index (χ1) is 8.92. The van der Waals surface area contributed by atoms with Crippen LogP contribution in [-0.4, -0.2) is 18.5 Å². The topological polar surface area (TPSA) is 57.4 Å². The van der Waals surface area contributed by atoms with Crippen molar-refractivity contribution in [1.82, 2.24) is 5.32 Å². The fourth-order valence-electron chi connectivity index (χ4n) is 1.53. The lowest BCUT2D eigenvalue weighted by atomic mass is 9.87. The molecule has 1 rings (SSSR count). The Morgan fingerprint density at radius 1 is 1.42 bits per heavy atom. The SMILES string of the molecule is COc1ccc(C(C)(C)C)cc1N=C(NC#N)SC. The van der Waals surface area contributed by atoms with E-state index in [4.69, 9.17) is 10.00 Å². The Hall–Kier alpha value is -1.67. The highest BCUT2D eigenvalue weighted by Crippen LogP contribution is 2.33. The van der Waals surface area contributed by atoms with Crippen LogP contribution in [0.5, 0.6) is 5.75 Å². The molecule has 0 aliphatic rings. The molecule has 0 aliphatic heterocycles. The molecule has 1 aromatic rings. The lowest BCUT2D eigenvalue weighted by Gasteiger charge is -2.20. The van der Waals surface area contributed by atoms with Crippen molar-refractivity contribution in [1.29, 1.82) is 5.26 Å². The maximum Gasteiger partial charge on any atom is 0.183 e. The van der Waals surface area contributed by atoms with Gasteiger partial charge < -0.3 is 4.74 Å². The van der Waals surface area contributed by atoms with E-state index in [1.54, 1.807) is 7.11 Å². The summed E-state index contributed by atoms with van der Waals surface area (Å²) in [5.41, 5.74) is 1.94. The number of methoxy groups -OCH3 is 1. The number of nitrogens with zero attached hydrogens (tertiary/aromatic N) is 2. The monoisotopic (exact) mass is 277 g/mol. The van der Waals surface area contributed by atoms with Gasteiger partial charge >= 0.3 is 0 Å². The quantitative estimate of drug-likeness (QED) is 0.389. The molecular formula is C14H19N3OS. The summed E-state index contributed by atoms with van der Waals surface area (Å²) in [6.45, 7) is 6.43. The molecule has 0 amide bonds. The molecule has 4 nitrogen and oxygen atoms in total. The molecule has 0 radical (unpaired) electrons. The van der Waals surface area contributed by atoms with E-state index in [-0.39, 0.29) is 5.41 Å². The lowest BCUT2D eigenvalue weighted by molar-refractivity contribution is 0.415. The Labute approximate surface area is 118 Å². The van der Waals surface area contributed by atoms with Crippen molar-refractivity contribution >= 4 is 22.6 Å². The van der Waals surface area contributed by atoms with Crippen molar-refractivity contribution < 1.29 is 4.74 Å². The molecule has 0 atom stereocenters. The van der Waals surface area contributed by atoms with Gasteiger partial charge in [-0.05, 0) is 29.4 Å². The molecule has 1 aromatic carbocycles. The fourth-order valence-corrected chi connectivity index (χ4v) is 1.86. The third-order valence-corrected chi connectivity index (χ3v) is 3.20. The zero-order valence-corrected chi connectivity index (χ0v) is 12.8. The minimum Gasteiger partial charge on any atom is -0.494 e. The van der Waals surface area contributed by atoms with Crippen LogP contribution in [0.15, 0.2) is 23.2 Å². The lowest BCUT2D eigenvalue weighted by Crippen LogP contribution is -2.13. The first-order valence-corrected chi connectivity index (χ1v) is 7.11. The second-order valence-corrected chi connectivity index (χ2v) is 5.79. The second-order valence-electron chi connectivity index (χ2n) is 4.99. The number of nitriles is 1. The van der Waals surface area contributed by atoms with E-state index < -0.39 is 0 Å². The van der Waals surface area contributed by atoms with Crippen LogP contribution >= 0.6 is 11.8 Å². The van der Waals surface area contributed by atoms with E-state index in [0.29, 0.717) is 10.9 Å². The first kappa shape index (κ1) is 15.4. The molecule has 5 heteroatoms. The minimum atomic E-state index is 0.0404. The average molecular weight is 277 g/mol. The highest BCUT2D eigenvalue weighted by atomic mass is 32.2. The Balaban J connectivity index is 3.27. The van der Waals surface area contributed by atoms with Crippen LogP contribution in [0.2, 0.25) is 0 Å². The first-order valence-electron chi connectivity index (χ1n) is 5.88. The predicted octanol–water partition coefficient (Wildman–Crippen LogP) is 3.41. The van der Waals surface area contributed by atoms with Crippen LogP contribution in [0.4, 0.5) is 5.69 Å². The van der Waals surface area contributed by atoms with Crippen LogP contribution in [0, 0.1) is 11.5 Å². The van der Waals surface area contributed by atoms with Crippen LogP contribution in [0.3, 0.4) is 0 Å². The van der Waals surface area contributed by atoms with Crippen LogP contribution < -0.4 is 10.1 Å². The molecule has 19 heavy (non-hydrogen) atoms. The van der Waals surface area contributed by atoms with Gasteiger partial charge in [0.25, 0.3) is 0 Å². The van der Waals surface area contributed by atoms with E-state index in [2.05, 4.69) is 31.1 Å². The summed E-state index contributed by atoms with van der Waals surface area (Å²) in [6, 6.07) is 5.94. The molecule has 1 N–H and O–H groups in total. The summed E-state index contributed by atoms with van der Waals surface area (Å²) in [7, 11) is 1.61. The molecule has 102 valence electrons. The highest BCUT2D eigenvalue weighted by Gasteiger charge is 2.16. The maximum atomic E-state index is 8.67. The van der Waals surface area contributed by atoms with Gasteiger partial charge in [-0.1, -0.05) is 38.6 Å². The van der Waals surface area contributed by atoms with Crippen molar-refractivity contribution in [2.75, 3.05) is 13.4 Å². The molecule has 0 saturated heterocycles. The Bertz CT molecular complexity index is 512. The number of rotatable bonds is 2. The van der Waals surface area contributed by atoms with E-state index in [1.807, 2.05) is 30.6 Å². The number of hydrogen-bond donors (Lipinski definition) is 1. The van der Waals surface area contributed by atoms with Crippen molar-refractivity contribution in [3.05, 3.63) is 23.8 Å². The molecule has 0 heterocycles. The Kier molecular flexibility index (Phi) is 5.25. The van der Waals surface area contributed by atoms with Gasteiger partial charge in [0.15, 0.2) is 11.4 Å². The third kappa shape index (κ3) is 4.18. The third-order valence-electron chi connectivity index (χ3n) is 2.62. The average Bonchev–Trinajstić information content (AvgIpc) is 2.37. The van der Waals surface area contributed by atoms with E-state index in [1.165, 1.54) is 17.3 Å². The summed E-state index contributed by atoms with van der Waals surface area (Å²) in [5, 5.41) is 11.8. The van der Waals surface area contributed by atoms with Gasteiger partial charge in [0.05, 0.1) is 7.11 Å². The molecule has 0 aromatic heterocycles. The maximum absolute atomic E-state index is 8.67. The number of thioether (sulfide) groups is 1. The Morgan fingerprint density at radius 2 is 2.11 bits per heavy atom. The summed E-state index contributed by atoms with van der Waals surface area (Å²) < 4.78 is 5.31. The molecule has 0 fully saturated rings. The summed E-state index contributed by atoms with van der Waals surface area (Å²) >= 11 is 1.38. The van der Waals surface area contributed by atoms with E-state index in [0.717, 1.165) is 5.69 Å². The highest BCUT2D eigenvalue weighted by molar-refractivity contribution is 8.13. The van der Waals surface area contributed by atoms with Gasteiger partial charge in [-0.2, -0.15) is 5.26 Å². The molecule has 0 saturated carbocycles. The van der Waals surface area contributed by atoms with Gasteiger partial charge in [0.2, 0.25) is 0 Å². The largest absolute Gasteiger partial charge is 0.494 e. The van der Waals surface area contributed by atoms with Crippen molar-refractivity contribution in [3.63, 3.8) is 0 Å². The number of ether oxygens (including phenoxy) is 1. The molecule has 0 bridgehead atoms. The standard InChI is InChI=1S/C14H19N3OS/c1-14(2,3)10-6-7-12(18-4)11(8-10)17-13(19-5)16-9-15/h6-8H,1-5H3,(H,16,17). The number of aliphatic imine (C=N–C) groups is 1. The van der Waals surface area contributed by atoms with Crippen LogP contribution in [-0.2, 0) is 5.41 Å². The zero-order chi connectivity index (χ0) is 14.5. The van der Waals surface area contributed by atoms with Crippen molar-refractivity contribution in [3.8, 4) is 11.9 Å². The predicted molar refractivity (Wildman–Crippen MR) is 81.1 cm³/mol. The second kappa shape index (κ2) is 6.48. The van der Waals surface area contributed by atoms with Gasteiger partial charge in [0, 0.05) is 0 Å². The van der Waals surface area contributed by atoms with Crippen LogP contribution in [0.1, 0.15) is 26.3 Å². The fraction of sp³-hybridized carbons (Fsp3) is 0.429. The van der Waals surface area contributed by atoms with Crippen LogP contribution in [0.25, 0.3) is 0 Å². The minimum absolute atomic E-state index is 0.0404. The van der Waals surface area contributed by atoms with Crippen molar-refractivity contribution in [2.24, 2.45) is 4.99 Å². The Morgan fingerprint density at radius 3 is 2.58 bits per heavy atom. The molecule has 0 aliphatic carbocycles. The van der Waals surface area contributed by atoms with Gasteiger partial charge in [0.1, 0.15) is 11.4 Å². The van der Waals surface area contributed by atoms with Gasteiger partial charge in [-0.15, -0.1) is 0 Å². The number of hydrogen-bond acceptors (Lipinski definition) is 4. The smallest absolute Gasteiger partial charge is 0.183 e.